The Kier molecular flexibility index (Phi) is 3.57. The molecule has 2 rings (SSSR count). The molecule has 1 unspecified atom stereocenters. The van der Waals surface area contributed by atoms with Crippen LogP contribution >= 0.6 is 0 Å². The molecule has 1 aliphatic rings. The van der Waals surface area contributed by atoms with Gasteiger partial charge in [0.2, 0.25) is 0 Å². The van der Waals surface area contributed by atoms with E-state index in [4.69, 9.17) is 10.5 Å². The van der Waals surface area contributed by atoms with Crippen LogP contribution in [-0.2, 0) is 11.2 Å². The largest absolute Gasteiger partial charge is 0.497 e. The number of hydrogen-bond acceptors (Lipinski definition) is 2. The molecule has 1 aromatic carbocycles. The molecule has 1 atom stereocenters. The Morgan fingerprint density at radius 1 is 1.31 bits per heavy atom. The van der Waals surface area contributed by atoms with Gasteiger partial charge in [-0.3, -0.25) is 0 Å². The van der Waals surface area contributed by atoms with Crippen LogP contribution in [-0.4, -0.2) is 12.6 Å². The Labute approximate surface area is 94.9 Å². The van der Waals surface area contributed by atoms with Crippen molar-refractivity contribution in [3.05, 3.63) is 47.5 Å². The highest BCUT2D eigenvalue weighted by Crippen LogP contribution is 2.15. The molecule has 0 saturated heterocycles. The van der Waals surface area contributed by atoms with E-state index >= 15 is 0 Å². The fraction of sp³-hybridized carbons (Fsp3) is 0.385. The van der Waals surface area contributed by atoms with Gasteiger partial charge in [-0.2, -0.15) is 0 Å². The molecule has 16 heavy (non-hydrogen) atoms. The molecule has 1 aromatic rings. The number of benzene rings is 1. The van der Waals surface area contributed by atoms with Gasteiger partial charge in [-0.15, -0.1) is 0 Å². The predicted molar refractivity (Wildman–Crippen MR) is 61.3 cm³/mol. The average molecular weight is 221 g/mol. The van der Waals surface area contributed by atoms with Crippen LogP contribution in [0.15, 0.2) is 36.1 Å². The summed E-state index contributed by atoms with van der Waals surface area (Å²) < 4.78 is 18.2. The minimum atomic E-state index is -0.217. The number of nitrogens with two attached hydrogens (primary N) is 1. The maximum Gasteiger partial charge on any atom is 0.123 e. The third kappa shape index (κ3) is 2.83. The third-order valence-electron chi connectivity index (χ3n) is 2.70. The molecule has 1 aliphatic heterocycles. The lowest BCUT2D eigenvalue weighted by Gasteiger charge is -2.20. The molecule has 1 heterocycles. The van der Waals surface area contributed by atoms with Crippen LogP contribution in [0.4, 0.5) is 4.39 Å². The molecule has 2 N–H and O–H groups in total. The van der Waals surface area contributed by atoms with Crippen LogP contribution in [0.1, 0.15) is 18.4 Å². The Bertz CT molecular complexity index is 372. The third-order valence-corrected chi connectivity index (χ3v) is 2.70. The van der Waals surface area contributed by atoms with Crippen molar-refractivity contribution < 1.29 is 9.13 Å². The van der Waals surface area contributed by atoms with E-state index < -0.39 is 0 Å². The Balaban J connectivity index is 1.98. The van der Waals surface area contributed by atoms with Crippen molar-refractivity contribution in [1.29, 1.82) is 0 Å². The second kappa shape index (κ2) is 5.12. The molecule has 0 fully saturated rings. The number of hydrogen-bond donors (Lipinski definition) is 1. The first kappa shape index (κ1) is 11.1. The summed E-state index contributed by atoms with van der Waals surface area (Å²) in [5.74, 6) is 0.654. The topological polar surface area (TPSA) is 35.2 Å². The molecule has 0 aromatic heterocycles. The van der Waals surface area contributed by atoms with E-state index in [2.05, 4.69) is 6.08 Å². The monoisotopic (exact) mass is 221 g/mol. The van der Waals surface area contributed by atoms with Gasteiger partial charge in [0.05, 0.1) is 12.6 Å². The summed E-state index contributed by atoms with van der Waals surface area (Å²) in [6, 6.07) is 6.32. The van der Waals surface area contributed by atoms with Crippen LogP contribution in [0.2, 0.25) is 0 Å². The quantitative estimate of drug-likeness (QED) is 0.850. The standard InChI is InChI=1S/C13H16FNO/c14-11-6-4-10(5-7-11)9-12(15)13-3-1-2-8-16-13/h3-7,12H,1-2,8-9,15H2. The first-order chi connectivity index (χ1) is 7.75. The van der Waals surface area contributed by atoms with Crippen molar-refractivity contribution in [2.45, 2.75) is 25.3 Å². The highest BCUT2D eigenvalue weighted by atomic mass is 19.1. The molecule has 0 saturated carbocycles. The second-order valence-electron chi connectivity index (χ2n) is 4.03. The van der Waals surface area contributed by atoms with Crippen molar-refractivity contribution in [2.75, 3.05) is 6.61 Å². The van der Waals surface area contributed by atoms with Gasteiger partial charge in [0.15, 0.2) is 0 Å². The van der Waals surface area contributed by atoms with Gasteiger partial charge in [0, 0.05) is 0 Å². The van der Waals surface area contributed by atoms with Gasteiger partial charge >= 0.3 is 0 Å². The fourth-order valence-electron chi connectivity index (χ4n) is 1.81. The van der Waals surface area contributed by atoms with Crippen LogP contribution < -0.4 is 5.73 Å². The summed E-state index contributed by atoms with van der Waals surface area (Å²) >= 11 is 0. The zero-order valence-corrected chi connectivity index (χ0v) is 9.16. The highest BCUT2D eigenvalue weighted by Gasteiger charge is 2.13. The lowest BCUT2D eigenvalue weighted by Crippen LogP contribution is -2.28. The lowest BCUT2D eigenvalue weighted by atomic mass is 10.0. The van der Waals surface area contributed by atoms with Gasteiger partial charge in [-0.1, -0.05) is 12.1 Å². The molecule has 0 radical (unpaired) electrons. The van der Waals surface area contributed by atoms with Crippen molar-refractivity contribution in [3.8, 4) is 0 Å². The van der Waals surface area contributed by atoms with E-state index in [-0.39, 0.29) is 11.9 Å². The first-order valence-electron chi connectivity index (χ1n) is 5.58. The van der Waals surface area contributed by atoms with E-state index in [1.165, 1.54) is 12.1 Å². The number of ether oxygens (including phenoxy) is 1. The molecule has 0 bridgehead atoms. The molecular weight excluding hydrogens is 205 g/mol. The normalized spacial score (nSPS) is 17.5. The van der Waals surface area contributed by atoms with E-state index in [1.54, 1.807) is 12.1 Å². The highest BCUT2D eigenvalue weighted by molar-refractivity contribution is 5.20. The molecule has 3 heteroatoms. The Hall–Kier alpha value is -1.35. The maximum absolute atomic E-state index is 12.7. The van der Waals surface area contributed by atoms with E-state index in [0.29, 0.717) is 6.42 Å². The Morgan fingerprint density at radius 2 is 2.06 bits per heavy atom. The zero-order valence-electron chi connectivity index (χ0n) is 9.16. The zero-order chi connectivity index (χ0) is 11.4. The molecule has 0 amide bonds. The van der Waals surface area contributed by atoms with E-state index in [1.807, 2.05) is 0 Å². The van der Waals surface area contributed by atoms with Crippen LogP contribution in [0.5, 0.6) is 0 Å². The van der Waals surface area contributed by atoms with Gasteiger partial charge < -0.3 is 10.5 Å². The summed E-state index contributed by atoms with van der Waals surface area (Å²) in [7, 11) is 0. The van der Waals surface area contributed by atoms with E-state index in [0.717, 1.165) is 30.8 Å². The van der Waals surface area contributed by atoms with Crippen molar-refractivity contribution >= 4 is 0 Å². The molecule has 2 nitrogen and oxygen atoms in total. The summed E-state index contributed by atoms with van der Waals surface area (Å²) in [5.41, 5.74) is 7.06. The number of rotatable bonds is 3. The smallest absolute Gasteiger partial charge is 0.123 e. The lowest BCUT2D eigenvalue weighted by molar-refractivity contribution is 0.175. The van der Waals surface area contributed by atoms with Gasteiger partial charge in [-0.25, -0.2) is 4.39 Å². The molecule has 0 spiro atoms. The molecule has 86 valence electrons. The van der Waals surface area contributed by atoms with Gasteiger partial charge in [0.1, 0.15) is 11.6 Å². The summed E-state index contributed by atoms with van der Waals surface area (Å²) in [6.07, 6.45) is 4.84. The predicted octanol–water partition coefficient (Wildman–Crippen LogP) is 2.39. The number of allylic oxidation sites excluding steroid dienone is 1. The summed E-state index contributed by atoms with van der Waals surface area (Å²) in [6.45, 7) is 0.753. The minimum Gasteiger partial charge on any atom is -0.497 e. The summed E-state index contributed by atoms with van der Waals surface area (Å²) in [5, 5.41) is 0. The molecular formula is C13H16FNO. The van der Waals surface area contributed by atoms with Gasteiger partial charge in [-0.05, 0) is 43.0 Å². The SMILES string of the molecule is NC(Cc1ccc(F)cc1)C1=CCCCO1. The van der Waals surface area contributed by atoms with Crippen LogP contribution in [0.3, 0.4) is 0 Å². The first-order valence-corrected chi connectivity index (χ1v) is 5.58. The van der Waals surface area contributed by atoms with Crippen LogP contribution in [0.25, 0.3) is 0 Å². The molecule has 0 aliphatic carbocycles. The maximum atomic E-state index is 12.7. The Morgan fingerprint density at radius 3 is 2.69 bits per heavy atom. The second-order valence-corrected chi connectivity index (χ2v) is 4.03. The summed E-state index contributed by atoms with van der Waals surface area (Å²) in [4.78, 5) is 0. The van der Waals surface area contributed by atoms with Crippen molar-refractivity contribution in [1.82, 2.24) is 0 Å². The number of halogens is 1. The van der Waals surface area contributed by atoms with Crippen molar-refractivity contribution in [2.24, 2.45) is 5.73 Å². The van der Waals surface area contributed by atoms with Crippen LogP contribution in [0, 0.1) is 5.82 Å². The average Bonchev–Trinajstić information content (AvgIpc) is 2.33. The van der Waals surface area contributed by atoms with Gasteiger partial charge in [0.25, 0.3) is 0 Å². The fourth-order valence-corrected chi connectivity index (χ4v) is 1.81. The van der Waals surface area contributed by atoms with E-state index in [9.17, 15) is 4.39 Å². The minimum absolute atomic E-state index is 0.120. The van der Waals surface area contributed by atoms with Crippen molar-refractivity contribution in [3.63, 3.8) is 0 Å².